The Labute approximate surface area is 134 Å². The third kappa shape index (κ3) is 2.86. The molecule has 1 amide bonds. The van der Waals surface area contributed by atoms with E-state index < -0.39 is 0 Å². The molecule has 3 nitrogen and oxygen atoms in total. The van der Waals surface area contributed by atoms with Crippen molar-refractivity contribution in [2.45, 2.75) is 32.2 Å². The SMILES string of the molecule is CC1CCCN1CCN1CCc2cc(I)ccc2C1=O. The van der Waals surface area contributed by atoms with Gasteiger partial charge >= 0.3 is 0 Å². The molecule has 0 aliphatic carbocycles. The number of benzene rings is 1. The normalized spacial score (nSPS) is 23.2. The van der Waals surface area contributed by atoms with Gasteiger partial charge in [-0.2, -0.15) is 0 Å². The molecule has 0 aromatic heterocycles. The second-order valence-corrected chi connectivity index (χ2v) is 7.12. The predicted molar refractivity (Wildman–Crippen MR) is 89.0 cm³/mol. The number of hydrogen-bond acceptors (Lipinski definition) is 2. The Hall–Kier alpha value is -0.620. The van der Waals surface area contributed by atoms with E-state index in [-0.39, 0.29) is 5.91 Å². The van der Waals surface area contributed by atoms with Gasteiger partial charge in [-0.1, -0.05) is 0 Å². The number of carbonyl (C=O) groups excluding carboxylic acids is 1. The highest BCUT2D eigenvalue weighted by molar-refractivity contribution is 14.1. The van der Waals surface area contributed by atoms with Crippen molar-refractivity contribution in [2.24, 2.45) is 0 Å². The average molecular weight is 384 g/mol. The van der Waals surface area contributed by atoms with E-state index in [1.54, 1.807) is 0 Å². The molecule has 20 heavy (non-hydrogen) atoms. The number of amides is 1. The van der Waals surface area contributed by atoms with Crippen LogP contribution in [-0.2, 0) is 6.42 Å². The molecule has 2 aliphatic rings. The van der Waals surface area contributed by atoms with Crippen LogP contribution in [0, 0.1) is 3.57 Å². The van der Waals surface area contributed by atoms with Crippen LogP contribution in [-0.4, -0.2) is 47.9 Å². The van der Waals surface area contributed by atoms with Crippen molar-refractivity contribution >= 4 is 28.5 Å². The van der Waals surface area contributed by atoms with Gasteiger partial charge in [0.15, 0.2) is 0 Å². The summed E-state index contributed by atoms with van der Waals surface area (Å²) in [5.41, 5.74) is 2.12. The molecule has 2 heterocycles. The summed E-state index contributed by atoms with van der Waals surface area (Å²) in [6.45, 7) is 6.25. The minimum Gasteiger partial charge on any atom is -0.337 e. The first-order chi connectivity index (χ1) is 9.65. The van der Waals surface area contributed by atoms with Crippen LogP contribution in [0.15, 0.2) is 18.2 Å². The summed E-state index contributed by atoms with van der Waals surface area (Å²) in [7, 11) is 0. The lowest BCUT2D eigenvalue weighted by Crippen LogP contribution is -2.43. The second-order valence-electron chi connectivity index (χ2n) is 5.87. The highest BCUT2D eigenvalue weighted by Crippen LogP contribution is 2.22. The van der Waals surface area contributed by atoms with E-state index in [0.717, 1.165) is 31.6 Å². The van der Waals surface area contributed by atoms with Gasteiger partial charge in [0.1, 0.15) is 0 Å². The van der Waals surface area contributed by atoms with Crippen molar-refractivity contribution in [3.63, 3.8) is 0 Å². The molecule has 1 fully saturated rings. The van der Waals surface area contributed by atoms with Crippen LogP contribution in [0.4, 0.5) is 0 Å². The van der Waals surface area contributed by atoms with Crippen LogP contribution in [0.1, 0.15) is 35.7 Å². The van der Waals surface area contributed by atoms with E-state index in [1.165, 1.54) is 28.5 Å². The lowest BCUT2D eigenvalue weighted by atomic mass is 9.99. The third-order valence-electron chi connectivity index (χ3n) is 4.58. The van der Waals surface area contributed by atoms with Crippen LogP contribution in [0.5, 0.6) is 0 Å². The van der Waals surface area contributed by atoms with Crippen LogP contribution < -0.4 is 0 Å². The van der Waals surface area contributed by atoms with E-state index >= 15 is 0 Å². The number of carbonyl (C=O) groups is 1. The van der Waals surface area contributed by atoms with Crippen LogP contribution in [0.2, 0.25) is 0 Å². The molecule has 0 saturated carbocycles. The number of halogens is 1. The van der Waals surface area contributed by atoms with Crippen molar-refractivity contribution in [1.82, 2.24) is 9.80 Å². The minimum atomic E-state index is 0.217. The number of fused-ring (bicyclic) bond motifs is 1. The molecule has 0 radical (unpaired) electrons. The number of likely N-dealkylation sites (tertiary alicyclic amines) is 1. The molecule has 0 N–H and O–H groups in total. The smallest absolute Gasteiger partial charge is 0.254 e. The Morgan fingerprint density at radius 2 is 2.15 bits per heavy atom. The molecule has 108 valence electrons. The summed E-state index contributed by atoms with van der Waals surface area (Å²) in [5.74, 6) is 0.217. The Morgan fingerprint density at radius 3 is 2.90 bits per heavy atom. The Kier molecular flexibility index (Phi) is 4.31. The zero-order valence-electron chi connectivity index (χ0n) is 11.9. The minimum absolute atomic E-state index is 0.217. The lowest BCUT2D eigenvalue weighted by Gasteiger charge is -2.31. The zero-order valence-corrected chi connectivity index (χ0v) is 14.1. The van der Waals surface area contributed by atoms with Crippen molar-refractivity contribution in [3.05, 3.63) is 32.9 Å². The monoisotopic (exact) mass is 384 g/mol. The molecule has 3 rings (SSSR count). The maximum atomic E-state index is 12.5. The van der Waals surface area contributed by atoms with Gasteiger partial charge in [-0.15, -0.1) is 0 Å². The third-order valence-corrected chi connectivity index (χ3v) is 5.25. The van der Waals surface area contributed by atoms with E-state index in [2.05, 4.69) is 40.5 Å². The average Bonchev–Trinajstić information content (AvgIpc) is 2.83. The van der Waals surface area contributed by atoms with Crippen molar-refractivity contribution in [3.8, 4) is 0 Å². The van der Waals surface area contributed by atoms with Gasteiger partial charge < -0.3 is 4.90 Å². The Bertz CT molecular complexity index is 517. The predicted octanol–water partition coefficient (Wildman–Crippen LogP) is 2.77. The van der Waals surface area contributed by atoms with E-state index in [1.807, 2.05) is 17.0 Å². The second kappa shape index (κ2) is 6.02. The summed E-state index contributed by atoms with van der Waals surface area (Å²) in [5, 5.41) is 0. The maximum Gasteiger partial charge on any atom is 0.254 e. The first-order valence-corrected chi connectivity index (χ1v) is 8.55. The van der Waals surface area contributed by atoms with E-state index in [9.17, 15) is 4.79 Å². The fourth-order valence-electron chi connectivity index (χ4n) is 3.29. The Balaban J connectivity index is 1.65. The maximum absolute atomic E-state index is 12.5. The standard InChI is InChI=1S/C16H21IN2O/c1-12-3-2-7-18(12)9-10-19-8-6-13-11-14(17)4-5-15(13)16(19)20/h4-5,11-12H,2-3,6-10H2,1H3. The fraction of sp³-hybridized carbons (Fsp3) is 0.562. The molecular weight excluding hydrogens is 363 g/mol. The number of rotatable bonds is 3. The molecule has 1 unspecified atom stereocenters. The molecule has 1 aromatic carbocycles. The van der Waals surface area contributed by atoms with Gasteiger partial charge in [-0.3, -0.25) is 9.69 Å². The summed E-state index contributed by atoms with van der Waals surface area (Å²) in [4.78, 5) is 17.1. The van der Waals surface area contributed by atoms with Crippen molar-refractivity contribution < 1.29 is 4.79 Å². The fourth-order valence-corrected chi connectivity index (χ4v) is 3.85. The molecule has 1 atom stereocenters. The van der Waals surface area contributed by atoms with Crippen LogP contribution in [0.3, 0.4) is 0 Å². The van der Waals surface area contributed by atoms with Gasteiger partial charge in [0.2, 0.25) is 0 Å². The largest absolute Gasteiger partial charge is 0.337 e. The summed E-state index contributed by atoms with van der Waals surface area (Å²) < 4.78 is 1.22. The highest BCUT2D eigenvalue weighted by Gasteiger charge is 2.26. The van der Waals surface area contributed by atoms with Crippen molar-refractivity contribution in [1.29, 1.82) is 0 Å². The molecule has 4 heteroatoms. The molecule has 1 saturated heterocycles. The number of hydrogen-bond donors (Lipinski definition) is 0. The first-order valence-electron chi connectivity index (χ1n) is 7.47. The van der Waals surface area contributed by atoms with Gasteiger partial charge in [-0.25, -0.2) is 0 Å². The Morgan fingerprint density at radius 1 is 1.30 bits per heavy atom. The molecule has 0 bridgehead atoms. The first kappa shape index (κ1) is 14.3. The summed E-state index contributed by atoms with van der Waals surface area (Å²) in [6.07, 6.45) is 3.60. The number of nitrogens with zero attached hydrogens (tertiary/aromatic N) is 2. The highest BCUT2D eigenvalue weighted by atomic mass is 127. The molecule has 2 aliphatic heterocycles. The summed E-state index contributed by atoms with van der Waals surface area (Å²) in [6, 6.07) is 6.85. The molecule has 0 spiro atoms. The van der Waals surface area contributed by atoms with Gasteiger partial charge in [0.25, 0.3) is 5.91 Å². The quantitative estimate of drug-likeness (QED) is 0.749. The van der Waals surface area contributed by atoms with Gasteiger partial charge in [-0.05, 0) is 79.1 Å². The van der Waals surface area contributed by atoms with E-state index in [0.29, 0.717) is 6.04 Å². The van der Waals surface area contributed by atoms with Crippen LogP contribution in [0.25, 0.3) is 0 Å². The van der Waals surface area contributed by atoms with Gasteiger partial charge in [0, 0.05) is 34.8 Å². The van der Waals surface area contributed by atoms with Crippen LogP contribution >= 0.6 is 22.6 Å². The van der Waals surface area contributed by atoms with E-state index in [4.69, 9.17) is 0 Å². The lowest BCUT2D eigenvalue weighted by molar-refractivity contribution is 0.0717. The molecule has 1 aromatic rings. The molecular formula is C16H21IN2O. The topological polar surface area (TPSA) is 23.6 Å². The van der Waals surface area contributed by atoms with Gasteiger partial charge in [0.05, 0.1) is 0 Å². The summed E-state index contributed by atoms with van der Waals surface area (Å²) >= 11 is 2.31. The van der Waals surface area contributed by atoms with Crippen molar-refractivity contribution in [2.75, 3.05) is 26.2 Å². The zero-order chi connectivity index (χ0) is 14.1.